The molecule has 7 atom stereocenters. The van der Waals surface area contributed by atoms with E-state index in [1.165, 1.54) is 11.1 Å². The Labute approximate surface area is 292 Å². The number of carboxylic acid groups (broad SMARTS) is 4. The Hall–Kier alpha value is -4.62. The quantitative estimate of drug-likeness (QED) is 0.179. The first kappa shape index (κ1) is 38.2. The summed E-state index contributed by atoms with van der Waals surface area (Å²) < 4.78 is 0. The minimum atomic E-state index is -0.753. The highest BCUT2D eigenvalue weighted by Crippen LogP contribution is 2.28. The van der Waals surface area contributed by atoms with Crippen LogP contribution in [0.15, 0.2) is 91.0 Å². The third kappa shape index (κ3) is 11.5. The average Bonchev–Trinajstić information content (AvgIpc) is 3.98. The van der Waals surface area contributed by atoms with Crippen LogP contribution in [-0.4, -0.2) is 88.1 Å². The lowest BCUT2D eigenvalue weighted by atomic mass is 9.92. The van der Waals surface area contributed by atoms with E-state index in [1.807, 2.05) is 78.9 Å². The molecule has 4 heterocycles. The van der Waals surface area contributed by atoms with Gasteiger partial charge < -0.3 is 36.4 Å². The summed E-state index contributed by atoms with van der Waals surface area (Å²) in [4.78, 5) is 42.5. The minimum absolute atomic E-state index is 0.119. The van der Waals surface area contributed by atoms with Crippen LogP contribution >= 0.6 is 0 Å². The summed E-state index contributed by atoms with van der Waals surface area (Å²) in [5, 5.41) is 46.9. The van der Waals surface area contributed by atoms with Gasteiger partial charge in [-0.15, -0.1) is 0 Å². The van der Waals surface area contributed by atoms with Gasteiger partial charge in [-0.2, -0.15) is 0 Å². The average molecular weight is 689 g/mol. The molecular weight excluding hydrogens is 640 g/mol. The second-order valence-corrected chi connectivity index (χ2v) is 12.8. The van der Waals surface area contributed by atoms with Gasteiger partial charge in [0, 0.05) is 18.5 Å². The Morgan fingerprint density at radius 2 is 1.08 bits per heavy atom. The van der Waals surface area contributed by atoms with Crippen molar-refractivity contribution in [2.75, 3.05) is 19.6 Å². The van der Waals surface area contributed by atoms with Crippen LogP contribution < -0.4 is 21.3 Å². The molecule has 0 amide bonds. The Morgan fingerprint density at radius 1 is 0.520 bits per heavy atom. The molecule has 0 radical (unpaired) electrons. The van der Waals surface area contributed by atoms with Crippen LogP contribution in [0.25, 0.3) is 0 Å². The number of rotatable bonds is 7. The molecule has 3 unspecified atom stereocenters. The number of hydrogen-bond donors (Lipinski definition) is 8. The maximum Gasteiger partial charge on any atom is 0.321 e. The lowest BCUT2D eigenvalue weighted by Crippen LogP contribution is -2.34. The van der Waals surface area contributed by atoms with Crippen molar-refractivity contribution >= 4 is 23.9 Å². The molecule has 4 aliphatic rings. The summed E-state index contributed by atoms with van der Waals surface area (Å²) in [6, 6.07) is 28.6. The third-order valence-corrected chi connectivity index (χ3v) is 9.42. The van der Waals surface area contributed by atoms with Crippen molar-refractivity contribution in [1.82, 2.24) is 21.3 Å². The Morgan fingerprint density at radius 3 is 1.54 bits per heavy atom. The number of hydrogen-bond acceptors (Lipinski definition) is 8. The van der Waals surface area contributed by atoms with Crippen molar-refractivity contribution in [2.45, 2.75) is 80.6 Å². The van der Waals surface area contributed by atoms with Gasteiger partial charge in [0.25, 0.3) is 0 Å². The maximum absolute atomic E-state index is 10.9. The lowest BCUT2D eigenvalue weighted by Gasteiger charge is -2.15. The molecule has 0 aliphatic carbocycles. The van der Waals surface area contributed by atoms with Gasteiger partial charge >= 0.3 is 23.9 Å². The first-order valence-electron chi connectivity index (χ1n) is 17.2. The molecule has 0 saturated carbocycles. The standard InChI is InChI=1S/3C11H13NO2.C5H9NO2/c13-11(14)10-6-9(7-12-10)8-4-2-1-3-5-8;13-11(14)10-9(6-7-12-10)8-4-2-1-3-5-8;13-11(14)10-7-6-9(12-10)8-4-2-1-3-5-8;7-5(8)4-2-1-3-6-4/h3*1-5,9-10,12H,6-7H2,(H,13,14);4,6H,1-3H2,(H,7,8)/t3*9?,10-;4-/m0000/s1. The Bertz CT molecular complexity index is 1440. The molecule has 50 heavy (non-hydrogen) atoms. The van der Waals surface area contributed by atoms with Gasteiger partial charge in [-0.05, 0) is 74.2 Å². The van der Waals surface area contributed by atoms with E-state index < -0.39 is 29.9 Å². The summed E-state index contributed by atoms with van der Waals surface area (Å²) in [5.41, 5.74) is 3.52. The molecule has 12 nitrogen and oxygen atoms in total. The predicted octanol–water partition coefficient (Wildman–Crippen LogP) is 3.82. The molecule has 0 spiro atoms. The summed E-state index contributed by atoms with van der Waals surface area (Å²) in [6.45, 7) is 2.41. The van der Waals surface area contributed by atoms with Crippen LogP contribution in [0.5, 0.6) is 0 Å². The van der Waals surface area contributed by atoms with Crippen molar-refractivity contribution in [2.24, 2.45) is 0 Å². The van der Waals surface area contributed by atoms with Crippen molar-refractivity contribution in [3.8, 4) is 0 Å². The van der Waals surface area contributed by atoms with E-state index in [4.69, 9.17) is 20.4 Å². The van der Waals surface area contributed by atoms with Crippen LogP contribution in [0.4, 0.5) is 0 Å². The zero-order valence-electron chi connectivity index (χ0n) is 28.0. The van der Waals surface area contributed by atoms with Crippen molar-refractivity contribution < 1.29 is 39.6 Å². The van der Waals surface area contributed by atoms with Crippen molar-refractivity contribution in [1.29, 1.82) is 0 Å². The third-order valence-electron chi connectivity index (χ3n) is 9.42. The second kappa shape index (κ2) is 19.5. The molecule has 8 N–H and O–H groups in total. The fourth-order valence-electron chi connectivity index (χ4n) is 6.71. The fourth-order valence-corrected chi connectivity index (χ4v) is 6.71. The van der Waals surface area contributed by atoms with E-state index in [0.717, 1.165) is 57.3 Å². The molecule has 4 saturated heterocycles. The number of aliphatic carboxylic acids is 4. The van der Waals surface area contributed by atoms with Gasteiger partial charge in [0.1, 0.15) is 24.2 Å². The minimum Gasteiger partial charge on any atom is -0.480 e. The van der Waals surface area contributed by atoms with E-state index in [0.29, 0.717) is 12.3 Å². The Kier molecular flexibility index (Phi) is 14.9. The maximum atomic E-state index is 10.9. The summed E-state index contributed by atoms with van der Waals surface area (Å²) in [7, 11) is 0. The van der Waals surface area contributed by atoms with Gasteiger partial charge in [-0.25, -0.2) is 0 Å². The predicted molar refractivity (Wildman–Crippen MR) is 188 cm³/mol. The first-order chi connectivity index (χ1) is 24.1. The molecule has 0 aromatic heterocycles. The van der Waals surface area contributed by atoms with E-state index in [1.54, 1.807) is 0 Å². The van der Waals surface area contributed by atoms with Crippen LogP contribution in [0, 0.1) is 0 Å². The number of carbonyl (C=O) groups is 4. The highest BCUT2D eigenvalue weighted by molar-refractivity contribution is 5.76. The van der Waals surface area contributed by atoms with Gasteiger partial charge in [0.2, 0.25) is 0 Å². The highest BCUT2D eigenvalue weighted by atomic mass is 16.4. The highest BCUT2D eigenvalue weighted by Gasteiger charge is 2.33. The van der Waals surface area contributed by atoms with E-state index in [-0.39, 0.29) is 30.1 Å². The number of carboxylic acids is 4. The van der Waals surface area contributed by atoms with E-state index >= 15 is 0 Å². The monoisotopic (exact) mass is 688 g/mol. The smallest absolute Gasteiger partial charge is 0.321 e. The molecule has 4 fully saturated rings. The summed E-state index contributed by atoms with van der Waals surface area (Å²) in [6.07, 6.45) is 5.00. The number of nitrogens with one attached hydrogen (secondary N) is 4. The summed E-state index contributed by atoms with van der Waals surface area (Å²) >= 11 is 0. The van der Waals surface area contributed by atoms with Gasteiger partial charge in [0.05, 0.1) is 0 Å². The van der Waals surface area contributed by atoms with Crippen molar-refractivity contribution in [3.63, 3.8) is 0 Å². The molecule has 3 aromatic rings. The zero-order valence-corrected chi connectivity index (χ0v) is 28.0. The normalized spacial score (nSPS) is 26.6. The molecular formula is C38H48N4O8. The van der Waals surface area contributed by atoms with Crippen LogP contribution in [0.3, 0.4) is 0 Å². The topological polar surface area (TPSA) is 197 Å². The van der Waals surface area contributed by atoms with Gasteiger partial charge in [-0.3, -0.25) is 24.5 Å². The zero-order chi connectivity index (χ0) is 35.9. The van der Waals surface area contributed by atoms with Crippen LogP contribution in [0.1, 0.15) is 73.1 Å². The fraction of sp³-hybridized carbons (Fsp3) is 0.421. The molecule has 3 aromatic carbocycles. The van der Waals surface area contributed by atoms with Crippen LogP contribution in [0.2, 0.25) is 0 Å². The number of benzene rings is 3. The molecule has 0 bridgehead atoms. The lowest BCUT2D eigenvalue weighted by molar-refractivity contribution is -0.140. The molecule has 12 heteroatoms. The second-order valence-electron chi connectivity index (χ2n) is 12.8. The van der Waals surface area contributed by atoms with E-state index in [2.05, 4.69) is 33.4 Å². The van der Waals surface area contributed by atoms with Gasteiger partial charge in [-0.1, -0.05) is 91.0 Å². The SMILES string of the molecule is O=C(O)[C@@H]1CC(c2ccccc2)CN1.O=C(O)[C@@H]1CCC(c2ccccc2)N1.O=C(O)[C@@H]1CCCN1.O=C(O)[C@H]1NCCC1c1ccccc1. The largest absolute Gasteiger partial charge is 0.480 e. The van der Waals surface area contributed by atoms with Crippen molar-refractivity contribution in [3.05, 3.63) is 108 Å². The van der Waals surface area contributed by atoms with E-state index in [9.17, 15) is 19.2 Å². The molecule has 268 valence electrons. The molecule has 7 rings (SSSR count). The van der Waals surface area contributed by atoms with Crippen LogP contribution in [-0.2, 0) is 19.2 Å². The molecule has 4 aliphatic heterocycles. The van der Waals surface area contributed by atoms with Gasteiger partial charge in [0.15, 0.2) is 0 Å². The Balaban J connectivity index is 0.000000153. The first-order valence-corrected chi connectivity index (χ1v) is 17.2. The summed E-state index contributed by atoms with van der Waals surface area (Å²) in [5.74, 6) is -2.50.